The second-order valence-electron chi connectivity index (χ2n) is 12.7. The van der Waals surface area contributed by atoms with E-state index in [1.54, 1.807) is 36.4 Å². The second-order valence-corrected chi connectivity index (χ2v) is 15.9. The Balaban J connectivity index is 0.000000213. The highest BCUT2D eigenvalue weighted by molar-refractivity contribution is 7.85. The summed E-state index contributed by atoms with van der Waals surface area (Å²) in [6.45, 7) is 8.92. The van der Waals surface area contributed by atoms with Gasteiger partial charge in [0, 0.05) is 70.0 Å². The van der Waals surface area contributed by atoms with Gasteiger partial charge in [0.15, 0.2) is 11.6 Å². The van der Waals surface area contributed by atoms with Crippen molar-refractivity contribution in [1.29, 1.82) is 0 Å². The number of aliphatic hydroxyl groups is 2. The molecule has 2 aliphatic heterocycles. The molecule has 2 saturated heterocycles. The van der Waals surface area contributed by atoms with E-state index in [2.05, 4.69) is 49.7 Å². The van der Waals surface area contributed by atoms with Gasteiger partial charge in [-0.15, -0.1) is 20.4 Å². The van der Waals surface area contributed by atoms with E-state index in [9.17, 15) is 8.42 Å². The molecule has 2 fully saturated rings. The summed E-state index contributed by atoms with van der Waals surface area (Å²) < 4.78 is 35.1. The van der Waals surface area contributed by atoms with E-state index in [1.807, 2.05) is 4.90 Å². The van der Waals surface area contributed by atoms with Gasteiger partial charge in [0.2, 0.25) is 11.9 Å². The Bertz CT molecular complexity index is 2030. The molecule has 24 heteroatoms. The number of hydrogen-bond donors (Lipinski definition) is 5. The van der Waals surface area contributed by atoms with Crippen molar-refractivity contribution in [2.75, 3.05) is 133 Å². The van der Waals surface area contributed by atoms with Crippen LogP contribution in [0.4, 0.5) is 23.5 Å². The normalized spacial score (nSPS) is 14.6. The number of nitrogen functional groups attached to an aromatic ring is 2. The maximum atomic E-state index is 10.3. The second kappa shape index (κ2) is 24.7. The lowest BCUT2D eigenvalue weighted by Crippen LogP contribution is -2.48. The lowest BCUT2D eigenvalue weighted by atomic mass is 10.1. The van der Waals surface area contributed by atoms with Crippen LogP contribution in [0.3, 0.4) is 0 Å². The van der Waals surface area contributed by atoms with Gasteiger partial charge in [-0.2, -0.15) is 18.4 Å². The maximum absolute atomic E-state index is 10.3. The summed E-state index contributed by atoms with van der Waals surface area (Å²) in [6, 6.07) is 10.6. The number of anilines is 4. The van der Waals surface area contributed by atoms with Crippen molar-refractivity contribution in [3.05, 3.63) is 56.5 Å². The lowest BCUT2D eigenvalue weighted by Gasteiger charge is -2.34. The molecule has 0 atom stereocenters. The molecule has 0 saturated carbocycles. The zero-order chi connectivity index (χ0) is 42.8. The predicted molar refractivity (Wildman–Crippen MR) is 230 cm³/mol. The third-order valence-electron chi connectivity index (χ3n) is 8.42. The van der Waals surface area contributed by atoms with Crippen molar-refractivity contribution >= 4 is 80.1 Å². The van der Waals surface area contributed by atoms with E-state index in [0.29, 0.717) is 73.5 Å². The SMILES string of the molecule is CS(=O)(=O)OCCOCCO.Nc1nc(N2CCN(CCOCCO)CC2)nnc1-c1cccc(Cl)c1Cl.Nc1nc(N2CCNCC2)nnc1-c1cccc(Cl)c1Cl. The Labute approximate surface area is 363 Å². The van der Waals surface area contributed by atoms with Crippen LogP contribution in [0.15, 0.2) is 36.4 Å². The quantitative estimate of drug-likeness (QED) is 0.0848. The highest BCUT2D eigenvalue weighted by Crippen LogP contribution is 2.35. The Morgan fingerprint density at radius 3 is 1.61 bits per heavy atom. The van der Waals surface area contributed by atoms with Crippen LogP contribution < -0.4 is 26.6 Å². The van der Waals surface area contributed by atoms with Crippen molar-refractivity contribution in [3.63, 3.8) is 0 Å². The van der Waals surface area contributed by atoms with Gasteiger partial charge in [0.05, 0.1) is 72.6 Å². The smallest absolute Gasteiger partial charge is 0.264 e. The number of aliphatic hydroxyl groups excluding tert-OH is 2. The molecule has 0 aliphatic carbocycles. The largest absolute Gasteiger partial charge is 0.394 e. The van der Waals surface area contributed by atoms with E-state index < -0.39 is 10.1 Å². The number of nitrogens with two attached hydrogens (primary N) is 2. The van der Waals surface area contributed by atoms with Crippen LogP contribution in [-0.4, -0.2) is 165 Å². The Morgan fingerprint density at radius 2 is 1.15 bits per heavy atom. The minimum Gasteiger partial charge on any atom is -0.394 e. The monoisotopic (exact) mass is 920 g/mol. The number of nitrogens with one attached hydrogen (secondary N) is 1. The summed E-state index contributed by atoms with van der Waals surface area (Å²) in [5.74, 6) is 1.60. The average molecular weight is 923 g/mol. The molecule has 19 nitrogen and oxygen atoms in total. The van der Waals surface area contributed by atoms with Crippen LogP contribution in [0.2, 0.25) is 20.1 Å². The highest BCUT2D eigenvalue weighted by Gasteiger charge is 2.22. The van der Waals surface area contributed by atoms with Crippen molar-refractivity contribution in [2.24, 2.45) is 0 Å². The molecule has 0 amide bonds. The summed E-state index contributed by atoms with van der Waals surface area (Å²) in [4.78, 5) is 15.2. The van der Waals surface area contributed by atoms with E-state index >= 15 is 0 Å². The fourth-order valence-electron chi connectivity index (χ4n) is 5.49. The molecule has 6 rings (SSSR count). The molecule has 0 spiro atoms. The average Bonchev–Trinajstić information content (AvgIpc) is 3.22. The zero-order valence-corrected chi connectivity index (χ0v) is 36.2. The first-order valence-electron chi connectivity index (χ1n) is 18.4. The van der Waals surface area contributed by atoms with E-state index in [0.717, 1.165) is 65.2 Å². The van der Waals surface area contributed by atoms with Gasteiger partial charge in [0.1, 0.15) is 11.4 Å². The van der Waals surface area contributed by atoms with Crippen molar-refractivity contribution in [3.8, 4) is 22.5 Å². The first-order chi connectivity index (χ1) is 28.3. The van der Waals surface area contributed by atoms with Crippen LogP contribution >= 0.6 is 46.4 Å². The number of aromatic nitrogens is 6. The van der Waals surface area contributed by atoms with E-state index in [1.165, 1.54) is 0 Å². The van der Waals surface area contributed by atoms with Crippen LogP contribution in [0.1, 0.15) is 0 Å². The Morgan fingerprint density at radius 1 is 0.678 bits per heavy atom. The third kappa shape index (κ3) is 15.5. The molecule has 0 radical (unpaired) electrons. The molecule has 324 valence electrons. The summed E-state index contributed by atoms with van der Waals surface area (Å²) in [5.41, 5.74) is 14.2. The predicted octanol–water partition coefficient (Wildman–Crippen LogP) is 2.37. The van der Waals surface area contributed by atoms with E-state index in [4.69, 9.17) is 77.6 Å². The fourth-order valence-corrected chi connectivity index (χ4v) is 6.64. The zero-order valence-electron chi connectivity index (χ0n) is 32.3. The van der Waals surface area contributed by atoms with Gasteiger partial charge in [-0.25, -0.2) is 0 Å². The van der Waals surface area contributed by atoms with Crippen LogP contribution in [0, 0.1) is 0 Å². The third-order valence-corrected chi connectivity index (χ3v) is 10.7. The Hall–Kier alpha value is -3.51. The first-order valence-corrected chi connectivity index (χ1v) is 21.7. The highest BCUT2D eigenvalue weighted by atomic mass is 35.5. The molecular formula is C35H48Cl4N12O7S. The van der Waals surface area contributed by atoms with Crippen molar-refractivity contribution < 1.29 is 32.3 Å². The number of benzene rings is 2. The number of piperazine rings is 2. The van der Waals surface area contributed by atoms with E-state index in [-0.39, 0.29) is 38.9 Å². The minimum atomic E-state index is -3.35. The summed E-state index contributed by atoms with van der Waals surface area (Å²) in [6.07, 6.45) is 0.971. The van der Waals surface area contributed by atoms with Gasteiger partial charge in [-0.1, -0.05) is 70.7 Å². The lowest BCUT2D eigenvalue weighted by molar-refractivity contribution is 0.0721. The van der Waals surface area contributed by atoms with Gasteiger partial charge in [0.25, 0.3) is 10.1 Å². The Kier molecular flexibility index (Phi) is 20.1. The molecule has 2 aromatic heterocycles. The standard InChI is InChI=1S/C17H22Cl2N6O2.C13H14Cl2N6.C5H12O5S/c18-13-3-1-2-12(14(13)19)15-16(20)21-17(23-22-15)25-6-4-24(5-7-25)8-10-27-11-9-26;14-9-3-1-2-8(10(9)15)11-12(16)18-13(20-19-11)21-6-4-17-5-7-21;1-11(7,8)10-5-4-9-3-2-6/h1-3,26H,4-11H2,(H2,20,21,23);1-3,17H,4-7H2,(H2,16,18,20);6H,2-5H2,1H3. The topological polar surface area (TPSA) is 253 Å². The van der Waals surface area contributed by atoms with Gasteiger partial charge >= 0.3 is 0 Å². The molecule has 59 heavy (non-hydrogen) atoms. The molecular weight excluding hydrogens is 874 g/mol. The molecule has 4 heterocycles. The van der Waals surface area contributed by atoms with Crippen LogP contribution in [0.5, 0.6) is 0 Å². The molecule has 4 aromatic rings. The van der Waals surface area contributed by atoms with Crippen molar-refractivity contribution in [1.82, 2.24) is 40.6 Å². The number of nitrogens with zero attached hydrogens (tertiary/aromatic N) is 9. The molecule has 0 bridgehead atoms. The van der Waals surface area contributed by atoms with Crippen molar-refractivity contribution in [2.45, 2.75) is 0 Å². The number of rotatable bonds is 15. The minimum absolute atomic E-state index is 0.00116. The van der Waals surface area contributed by atoms with Gasteiger partial charge in [-0.05, 0) is 12.1 Å². The first kappa shape index (κ1) is 48.2. The van der Waals surface area contributed by atoms with Crippen LogP contribution in [-0.2, 0) is 23.8 Å². The fraction of sp³-hybridized carbons (Fsp3) is 0.486. The van der Waals surface area contributed by atoms with Crippen LogP contribution in [0.25, 0.3) is 22.5 Å². The van der Waals surface area contributed by atoms with Gasteiger partial charge < -0.3 is 46.3 Å². The summed E-state index contributed by atoms with van der Waals surface area (Å²) >= 11 is 24.5. The maximum Gasteiger partial charge on any atom is 0.264 e. The summed E-state index contributed by atoms with van der Waals surface area (Å²) in [7, 11) is -3.35. The number of halogens is 4. The summed E-state index contributed by atoms with van der Waals surface area (Å²) in [5, 5.41) is 38.7. The molecule has 7 N–H and O–H groups in total. The van der Waals surface area contributed by atoms with Gasteiger partial charge in [-0.3, -0.25) is 9.08 Å². The molecule has 2 aliphatic rings. The number of hydrogen-bond acceptors (Lipinski definition) is 19. The molecule has 0 unspecified atom stereocenters. The number of ether oxygens (including phenoxy) is 2. The molecule has 2 aromatic carbocycles.